The molecule has 2 heterocycles. The lowest BCUT2D eigenvalue weighted by atomic mass is 9.96. The van der Waals surface area contributed by atoms with Crippen LogP contribution in [0.4, 0.5) is 0 Å². The Morgan fingerprint density at radius 2 is 2.06 bits per heavy atom. The zero-order valence-corrected chi connectivity index (χ0v) is 12.6. The van der Waals surface area contributed by atoms with Gasteiger partial charge in [0.2, 0.25) is 0 Å². The molecule has 17 heavy (non-hydrogen) atoms. The molecule has 2 bridgehead atoms. The van der Waals surface area contributed by atoms with E-state index in [-0.39, 0.29) is 24.0 Å². The number of ether oxygens (including phenoxy) is 1. The van der Waals surface area contributed by atoms with Crippen LogP contribution in [0, 0.1) is 0 Å². The summed E-state index contributed by atoms with van der Waals surface area (Å²) in [6, 6.07) is 1.15. The molecule has 3 rings (SSSR count). The third-order valence-corrected chi connectivity index (χ3v) is 3.66. The Bertz CT molecular complexity index is 293. The minimum atomic E-state index is 0. The molecule has 3 fully saturated rings. The number of rotatable bonds is 3. The molecule has 0 aromatic rings. The number of hydrogen-bond donors (Lipinski definition) is 2. The van der Waals surface area contributed by atoms with E-state index < -0.39 is 0 Å². The maximum Gasteiger partial charge on any atom is 0.191 e. The van der Waals surface area contributed by atoms with E-state index in [0.717, 1.165) is 18.9 Å². The SMILES string of the molecule is CCN=C(NC1CC1)NC1CC2CCC1O2.I. The first-order valence-corrected chi connectivity index (χ1v) is 6.58. The maximum absolute atomic E-state index is 5.84. The molecule has 0 aromatic heterocycles. The van der Waals surface area contributed by atoms with Crippen molar-refractivity contribution in [3.05, 3.63) is 0 Å². The summed E-state index contributed by atoms with van der Waals surface area (Å²) in [5.74, 6) is 0.992. The van der Waals surface area contributed by atoms with Crippen LogP contribution in [0.2, 0.25) is 0 Å². The topological polar surface area (TPSA) is 45.7 Å². The van der Waals surface area contributed by atoms with Crippen LogP contribution in [0.3, 0.4) is 0 Å². The van der Waals surface area contributed by atoms with Crippen molar-refractivity contribution >= 4 is 29.9 Å². The van der Waals surface area contributed by atoms with Gasteiger partial charge in [0, 0.05) is 12.6 Å². The molecule has 1 aliphatic carbocycles. The quantitative estimate of drug-likeness (QED) is 0.462. The molecule has 5 heteroatoms. The van der Waals surface area contributed by atoms with E-state index in [2.05, 4.69) is 22.5 Å². The zero-order valence-electron chi connectivity index (χ0n) is 10.3. The molecule has 1 saturated carbocycles. The molecule has 98 valence electrons. The van der Waals surface area contributed by atoms with Crippen molar-refractivity contribution in [1.82, 2.24) is 10.6 Å². The van der Waals surface area contributed by atoms with Crippen molar-refractivity contribution in [3.63, 3.8) is 0 Å². The van der Waals surface area contributed by atoms with Crippen LogP contribution >= 0.6 is 24.0 Å². The molecule has 3 unspecified atom stereocenters. The van der Waals surface area contributed by atoms with Crippen LogP contribution in [0.25, 0.3) is 0 Å². The number of aliphatic imine (C=N–C) groups is 1. The Morgan fingerprint density at radius 3 is 2.59 bits per heavy atom. The lowest BCUT2D eigenvalue weighted by Crippen LogP contribution is -2.48. The Hall–Kier alpha value is -0.0400. The third kappa shape index (κ3) is 3.24. The van der Waals surface area contributed by atoms with Crippen LogP contribution in [0.5, 0.6) is 0 Å². The number of nitrogens with zero attached hydrogens (tertiary/aromatic N) is 1. The van der Waals surface area contributed by atoms with Gasteiger partial charge in [0.15, 0.2) is 5.96 Å². The summed E-state index contributed by atoms with van der Waals surface area (Å²) in [6.07, 6.45) is 7.12. The smallest absolute Gasteiger partial charge is 0.191 e. The van der Waals surface area contributed by atoms with Gasteiger partial charge in [-0.25, -0.2) is 0 Å². The van der Waals surface area contributed by atoms with Crippen molar-refractivity contribution in [3.8, 4) is 0 Å². The number of nitrogens with one attached hydrogen (secondary N) is 2. The van der Waals surface area contributed by atoms with Crippen LogP contribution in [-0.4, -0.2) is 36.8 Å². The molecule has 0 aromatic carbocycles. The minimum absolute atomic E-state index is 0. The molecular formula is C12H22IN3O. The van der Waals surface area contributed by atoms with Gasteiger partial charge in [0.25, 0.3) is 0 Å². The molecule has 0 spiro atoms. The highest BCUT2D eigenvalue weighted by Crippen LogP contribution is 2.34. The zero-order chi connectivity index (χ0) is 11.0. The average Bonchev–Trinajstić information content (AvgIpc) is 2.85. The van der Waals surface area contributed by atoms with E-state index in [4.69, 9.17) is 4.74 Å². The Kier molecular flexibility index (Phi) is 4.52. The van der Waals surface area contributed by atoms with Gasteiger partial charge in [-0.1, -0.05) is 0 Å². The molecule has 2 aliphatic heterocycles. The first-order chi connectivity index (χ1) is 7.85. The van der Waals surface area contributed by atoms with E-state index in [9.17, 15) is 0 Å². The normalized spacial score (nSPS) is 35.6. The van der Waals surface area contributed by atoms with E-state index in [0.29, 0.717) is 24.3 Å². The van der Waals surface area contributed by atoms with Crippen molar-refractivity contribution < 1.29 is 4.74 Å². The number of halogens is 1. The van der Waals surface area contributed by atoms with E-state index in [1.807, 2.05) is 0 Å². The largest absolute Gasteiger partial charge is 0.373 e. The van der Waals surface area contributed by atoms with Gasteiger partial charge in [0.1, 0.15) is 0 Å². The fourth-order valence-corrected chi connectivity index (χ4v) is 2.68. The fraction of sp³-hybridized carbons (Fsp3) is 0.917. The summed E-state index contributed by atoms with van der Waals surface area (Å²) >= 11 is 0. The standard InChI is InChI=1S/C12H21N3O.HI/c1-2-13-12(14-8-3-4-8)15-10-7-9-5-6-11(10)16-9;/h8-11H,2-7H2,1H3,(H2,13,14,15);1H. The maximum atomic E-state index is 5.84. The fourth-order valence-electron chi connectivity index (χ4n) is 2.68. The second-order valence-corrected chi connectivity index (χ2v) is 5.10. The van der Waals surface area contributed by atoms with Crippen molar-refractivity contribution in [2.24, 2.45) is 4.99 Å². The van der Waals surface area contributed by atoms with Gasteiger partial charge in [0.05, 0.1) is 18.2 Å². The molecule has 2 saturated heterocycles. The summed E-state index contributed by atoms with van der Waals surface area (Å²) in [4.78, 5) is 4.49. The summed E-state index contributed by atoms with van der Waals surface area (Å²) in [5, 5.41) is 7.00. The van der Waals surface area contributed by atoms with Crippen molar-refractivity contribution in [2.45, 2.75) is 63.3 Å². The van der Waals surface area contributed by atoms with Gasteiger partial charge in [-0.15, -0.1) is 24.0 Å². The molecule has 4 nitrogen and oxygen atoms in total. The van der Waals surface area contributed by atoms with Crippen molar-refractivity contribution in [2.75, 3.05) is 6.54 Å². The van der Waals surface area contributed by atoms with Gasteiger partial charge in [-0.3, -0.25) is 4.99 Å². The van der Waals surface area contributed by atoms with Crippen molar-refractivity contribution in [1.29, 1.82) is 0 Å². The lowest BCUT2D eigenvalue weighted by molar-refractivity contribution is 0.0992. The summed E-state index contributed by atoms with van der Waals surface area (Å²) in [7, 11) is 0. The first-order valence-electron chi connectivity index (χ1n) is 6.58. The van der Waals surface area contributed by atoms with Gasteiger partial charge >= 0.3 is 0 Å². The Balaban J connectivity index is 0.00000108. The van der Waals surface area contributed by atoms with E-state index in [1.54, 1.807) is 0 Å². The highest BCUT2D eigenvalue weighted by atomic mass is 127. The third-order valence-electron chi connectivity index (χ3n) is 3.66. The van der Waals surface area contributed by atoms with Gasteiger partial charge in [-0.2, -0.15) is 0 Å². The summed E-state index contributed by atoms with van der Waals surface area (Å²) in [6.45, 7) is 2.91. The lowest BCUT2D eigenvalue weighted by Gasteiger charge is -2.22. The Morgan fingerprint density at radius 1 is 1.24 bits per heavy atom. The number of guanidine groups is 1. The van der Waals surface area contributed by atoms with Gasteiger partial charge in [-0.05, 0) is 39.0 Å². The minimum Gasteiger partial charge on any atom is -0.373 e. The number of hydrogen-bond acceptors (Lipinski definition) is 2. The van der Waals surface area contributed by atoms with Crippen LogP contribution in [-0.2, 0) is 4.74 Å². The second-order valence-electron chi connectivity index (χ2n) is 5.10. The molecule has 0 amide bonds. The van der Waals surface area contributed by atoms with Crippen LogP contribution < -0.4 is 10.6 Å². The van der Waals surface area contributed by atoms with E-state index >= 15 is 0 Å². The monoisotopic (exact) mass is 351 g/mol. The van der Waals surface area contributed by atoms with Crippen LogP contribution in [0.15, 0.2) is 4.99 Å². The predicted octanol–water partition coefficient (Wildman–Crippen LogP) is 1.64. The first kappa shape index (κ1) is 13.4. The second kappa shape index (κ2) is 5.73. The molecule has 0 radical (unpaired) electrons. The predicted molar refractivity (Wildman–Crippen MR) is 79.0 cm³/mol. The highest BCUT2D eigenvalue weighted by molar-refractivity contribution is 14.0. The van der Waals surface area contributed by atoms with Gasteiger partial charge < -0.3 is 15.4 Å². The Labute approximate surface area is 120 Å². The van der Waals surface area contributed by atoms with Crippen LogP contribution in [0.1, 0.15) is 39.0 Å². The summed E-state index contributed by atoms with van der Waals surface area (Å²) in [5.41, 5.74) is 0. The molecular weight excluding hydrogens is 329 g/mol. The highest BCUT2D eigenvalue weighted by Gasteiger charge is 2.41. The average molecular weight is 351 g/mol. The molecule has 3 atom stereocenters. The molecule has 2 N–H and O–H groups in total. The van der Waals surface area contributed by atoms with E-state index in [1.165, 1.54) is 25.7 Å². The number of fused-ring (bicyclic) bond motifs is 2. The molecule has 3 aliphatic rings. The summed E-state index contributed by atoms with van der Waals surface area (Å²) < 4.78 is 5.84.